The topological polar surface area (TPSA) is 25.8 Å². The average Bonchev–Trinajstić information content (AvgIpc) is 2.71. The summed E-state index contributed by atoms with van der Waals surface area (Å²) in [6.45, 7) is 0. The predicted octanol–water partition coefficient (Wildman–Crippen LogP) is 5.73. The summed E-state index contributed by atoms with van der Waals surface area (Å²) < 4.78 is 41.3. The van der Waals surface area contributed by atoms with E-state index in [2.05, 4.69) is 25.9 Å². The number of hydrogen-bond acceptors (Lipinski definition) is 2. The van der Waals surface area contributed by atoms with Crippen LogP contribution in [0.4, 0.5) is 0 Å². The predicted molar refractivity (Wildman–Crippen MR) is 98.1 cm³/mol. The molecular formula is C20H13BrN2. The summed E-state index contributed by atoms with van der Waals surface area (Å²) in [4.78, 5) is 9.21. The molecule has 0 aliphatic carbocycles. The molecule has 0 amide bonds. The van der Waals surface area contributed by atoms with E-state index in [-0.39, 0.29) is 29.7 Å². The van der Waals surface area contributed by atoms with Crippen molar-refractivity contribution in [2.75, 3.05) is 0 Å². The van der Waals surface area contributed by atoms with Gasteiger partial charge in [0.2, 0.25) is 0 Å². The minimum Gasteiger partial charge on any atom is -0.228 e. The summed E-state index contributed by atoms with van der Waals surface area (Å²) >= 11 is 3.40. The van der Waals surface area contributed by atoms with Gasteiger partial charge in [-0.2, -0.15) is 0 Å². The normalized spacial score (nSPS) is 13.9. The standard InChI is InChI=1S/C20H13BrN2/c21-16-12-10-15(11-13-16)20-22-18-9-5-4-8-17(18)19(23-20)14-6-2-1-3-7-14/h1-13H/i1D,2D,3D,6D,7D. The van der Waals surface area contributed by atoms with Crippen LogP contribution >= 0.6 is 15.9 Å². The maximum atomic E-state index is 8.31. The molecule has 0 aliphatic rings. The van der Waals surface area contributed by atoms with Crippen LogP contribution in [0.5, 0.6) is 0 Å². The van der Waals surface area contributed by atoms with Crippen molar-refractivity contribution in [1.29, 1.82) is 0 Å². The van der Waals surface area contributed by atoms with Crippen molar-refractivity contribution in [2.45, 2.75) is 0 Å². The first-order valence-electron chi connectivity index (χ1n) is 9.48. The summed E-state index contributed by atoms with van der Waals surface area (Å²) in [5.74, 6) is 0.424. The monoisotopic (exact) mass is 365 g/mol. The summed E-state index contributed by atoms with van der Waals surface area (Å²) in [5, 5.41) is 0.627. The molecule has 0 saturated carbocycles. The molecule has 0 spiro atoms. The molecule has 0 saturated heterocycles. The number of benzene rings is 3. The zero-order valence-corrected chi connectivity index (χ0v) is 13.5. The average molecular weight is 366 g/mol. The van der Waals surface area contributed by atoms with Crippen molar-refractivity contribution < 1.29 is 6.85 Å². The van der Waals surface area contributed by atoms with E-state index in [4.69, 9.17) is 6.85 Å². The largest absolute Gasteiger partial charge is 0.228 e. The maximum Gasteiger partial charge on any atom is 0.160 e. The van der Waals surface area contributed by atoms with Gasteiger partial charge in [0.1, 0.15) is 0 Å². The number of aromatic nitrogens is 2. The molecule has 0 N–H and O–H groups in total. The number of para-hydroxylation sites is 1. The van der Waals surface area contributed by atoms with Crippen LogP contribution < -0.4 is 0 Å². The van der Waals surface area contributed by atoms with E-state index in [0.717, 1.165) is 10.0 Å². The third-order valence-electron chi connectivity index (χ3n) is 3.44. The lowest BCUT2D eigenvalue weighted by atomic mass is 10.1. The van der Waals surface area contributed by atoms with Gasteiger partial charge in [-0.1, -0.05) is 76.5 Å². The van der Waals surface area contributed by atoms with Gasteiger partial charge in [0.15, 0.2) is 5.82 Å². The highest BCUT2D eigenvalue weighted by Gasteiger charge is 2.10. The smallest absolute Gasteiger partial charge is 0.160 e. The fraction of sp³-hybridized carbons (Fsp3) is 0. The first kappa shape index (κ1) is 9.58. The minimum atomic E-state index is -0.426. The number of rotatable bonds is 2. The Bertz CT molecular complexity index is 1200. The Morgan fingerprint density at radius 1 is 0.783 bits per heavy atom. The molecular weight excluding hydrogens is 348 g/mol. The highest BCUT2D eigenvalue weighted by molar-refractivity contribution is 9.10. The molecule has 23 heavy (non-hydrogen) atoms. The Hall–Kier alpha value is -2.52. The molecule has 0 fully saturated rings. The molecule has 0 radical (unpaired) electrons. The molecule has 110 valence electrons. The molecule has 0 aliphatic heterocycles. The van der Waals surface area contributed by atoms with E-state index in [9.17, 15) is 0 Å². The van der Waals surface area contributed by atoms with Crippen molar-refractivity contribution in [2.24, 2.45) is 0 Å². The first-order valence-corrected chi connectivity index (χ1v) is 7.78. The Kier molecular flexibility index (Phi) is 2.47. The third kappa shape index (κ3) is 2.76. The van der Waals surface area contributed by atoms with Gasteiger partial charge >= 0.3 is 0 Å². The minimum absolute atomic E-state index is 0.0722. The van der Waals surface area contributed by atoms with Crippen LogP contribution in [-0.4, -0.2) is 9.97 Å². The summed E-state index contributed by atoms with van der Waals surface area (Å²) in [6.07, 6.45) is 0. The first-order chi connectivity index (χ1) is 13.4. The molecule has 3 heteroatoms. The van der Waals surface area contributed by atoms with Crippen LogP contribution in [0.1, 0.15) is 6.85 Å². The van der Waals surface area contributed by atoms with Gasteiger partial charge in [-0.05, 0) is 18.2 Å². The van der Waals surface area contributed by atoms with Gasteiger partial charge in [-0.3, -0.25) is 0 Å². The van der Waals surface area contributed by atoms with Crippen LogP contribution in [-0.2, 0) is 0 Å². The second kappa shape index (κ2) is 5.94. The van der Waals surface area contributed by atoms with Crippen molar-refractivity contribution in [1.82, 2.24) is 9.97 Å². The fourth-order valence-corrected chi connectivity index (χ4v) is 2.63. The Morgan fingerprint density at radius 2 is 1.52 bits per heavy atom. The van der Waals surface area contributed by atoms with E-state index in [1.54, 1.807) is 6.07 Å². The van der Waals surface area contributed by atoms with Gasteiger partial charge in [0, 0.05) is 21.0 Å². The van der Waals surface area contributed by atoms with Crippen LogP contribution in [0.2, 0.25) is 0 Å². The number of halogens is 1. The van der Waals surface area contributed by atoms with E-state index in [1.165, 1.54) is 0 Å². The Balaban J connectivity index is 2.09. The van der Waals surface area contributed by atoms with E-state index >= 15 is 0 Å². The quantitative estimate of drug-likeness (QED) is 0.453. The van der Waals surface area contributed by atoms with Gasteiger partial charge in [0.25, 0.3) is 0 Å². The van der Waals surface area contributed by atoms with Gasteiger partial charge in [0.05, 0.1) is 18.1 Å². The highest BCUT2D eigenvalue weighted by Crippen LogP contribution is 2.29. The van der Waals surface area contributed by atoms with Gasteiger partial charge in [-0.15, -0.1) is 0 Å². The molecule has 3 aromatic carbocycles. The Morgan fingerprint density at radius 3 is 2.30 bits per heavy atom. The molecule has 0 atom stereocenters. The van der Waals surface area contributed by atoms with Gasteiger partial charge < -0.3 is 0 Å². The lowest BCUT2D eigenvalue weighted by Gasteiger charge is -2.09. The number of nitrogens with zero attached hydrogens (tertiary/aromatic N) is 2. The zero-order valence-electron chi connectivity index (χ0n) is 16.9. The summed E-state index contributed by atoms with van der Waals surface area (Å²) in [7, 11) is 0. The summed E-state index contributed by atoms with van der Waals surface area (Å²) in [5.41, 5.74) is 1.79. The molecule has 1 aromatic heterocycles. The van der Waals surface area contributed by atoms with E-state index in [1.807, 2.05) is 42.5 Å². The molecule has 2 nitrogen and oxygen atoms in total. The zero-order chi connectivity index (χ0) is 20.0. The second-order valence-corrected chi connectivity index (χ2v) is 5.84. The van der Waals surface area contributed by atoms with Crippen LogP contribution in [0.3, 0.4) is 0 Å². The second-order valence-electron chi connectivity index (χ2n) is 4.92. The highest BCUT2D eigenvalue weighted by atomic mass is 79.9. The van der Waals surface area contributed by atoms with E-state index < -0.39 is 6.04 Å². The maximum absolute atomic E-state index is 8.31. The van der Waals surface area contributed by atoms with Crippen molar-refractivity contribution in [3.63, 3.8) is 0 Å². The fourth-order valence-electron chi connectivity index (χ4n) is 2.36. The van der Waals surface area contributed by atoms with Crippen molar-refractivity contribution in [3.8, 4) is 22.6 Å². The van der Waals surface area contributed by atoms with Crippen molar-refractivity contribution >= 4 is 26.8 Å². The molecule has 4 aromatic rings. The van der Waals surface area contributed by atoms with Crippen LogP contribution in [0, 0.1) is 0 Å². The Labute approximate surface area is 150 Å². The van der Waals surface area contributed by atoms with Gasteiger partial charge in [-0.25, -0.2) is 9.97 Å². The van der Waals surface area contributed by atoms with Crippen molar-refractivity contribution in [3.05, 3.63) is 83.2 Å². The third-order valence-corrected chi connectivity index (χ3v) is 3.97. The van der Waals surface area contributed by atoms with E-state index in [0.29, 0.717) is 22.4 Å². The number of fused-ring (bicyclic) bond motifs is 1. The summed E-state index contributed by atoms with van der Waals surface area (Å²) in [6, 6.07) is 13.0. The molecule has 1 heterocycles. The lowest BCUT2D eigenvalue weighted by molar-refractivity contribution is 1.23. The lowest BCUT2D eigenvalue weighted by Crippen LogP contribution is -1.94. The SMILES string of the molecule is [2H]c1c([2H])c([2H])c(-c2nc(-c3ccc(Br)cc3)nc3ccccc23)c([2H])c1[2H]. The molecule has 0 unspecified atom stereocenters. The van der Waals surface area contributed by atoms with Crippen LogP contribution in [0.25, 0.3) is 33.5 Å². The molecule has 0 bridgehead atoms. The molecule has 4 rings (SSSR count). The number of hydrogen-bond donors (Lipinski definition) is 0. The van der Waals surface area contributed by atoms with Crippen LogP contribution in [0.15, 0.2) is 83.2 Å².